The highest BCUT2D eigenvalue weighted by Crippen LogP contribution is 2.30. The molecule has 3 aromatic carbocycles. The topological polar surface area (TPSA) is 68.2 Å². The fourth-order valence-electron chi connectivity index (χ4n) is 4.06. The van der Waals surface area contributed by atoms with E-state index in [1.165, 1.54) is 0 Å². The zero-order chi connectivity index (χ0) is 30.4. The van der Waals surface area contributed by atoms with Gasteiger partial charge in [0, 0.05) is 37.5 Å². The lowest BCUT2D eigenvalue weighted by Crippen LogP contribution is -2.06. The van der Waals surface area contributed by atoms with Gasteiger partial charge in [-0.05, 0) is 52.7 Å². The van der Waals surface area contributed by atoms with Crippen molar-refractivity contribution in [2.24, 2.45) is 0 Å². The first-order valence-electron chi connectivity index (χ1n) is 14.0. The summed E-state index contributed by atoms with van der Waals surface area (Å²) in [6.45, 7) is 8.40. The minimum Gasteiger partial charge on any atom is -0.493 e. The van der Waals surface area contributed by atoms with Gasteiger partial charge in [0.1, 0.15) is 23.9 Å². The summed E-state index contributed by atoms with van der Waals surface area (Å²) >= 11 is 0. The molecule has 0 radical (unpaired) electrons. The summed E-state index contributed by atoms with van der Waals surface area (Å²) < 4.78 is 54.7. The van der Waals surface area contributed by atoms with Crippen molar-refractivity contribution < 1.29 is 37.6 Å². The van der Waals surface area contributed by atoms with Crippen molar-refractivity contribution in [1.29, 1.82) is 0 Å². The number of hydrogen-bond acceptors (Lipinski definition) is 5. The molecule has 0 saturated heterocycles. The summed E-state index contributed by atoms with van der Waals surface area (Å²) in [5, 5.41) is 18.3. The molecule has 0 aromatic heterocycles. The normalized spacial score (nSPS) is 11.3. The lowest BCUT2D eigenvalue weighted by atomic mass is 10.0. The Kier molecular flexibility index (Phi) is 13.0. The molecule has 0 unspecified atom stereocenters. The highest BCUT2D eigenvalue weighted by atomic mass is 19.4. The average Bonchev–Trinajstić information content (AvgIpc) is 2.98. The molecule has 0 spiro atoms. The van der Waals surface area contributed by atoms with Crippen LogP contribution in [0, 0.1) is 0 Å². The van der Waals surface area contributed by atoms with Crippen LogP contribution in [0.3, 0.4) is 0 Å². The number of ether oxygens (including phenoxy) is 3. The van der Waals surface area contributed by atoms with E-state index in [0.717, 1.165) is 22.3 Å². The Bertz CT molecular complexity index is 1230. The van der Waals surface area contributed by atoms with Crippen molar-refractivity contribution in [2.75, 3.05) is 26.4 Å². The van der Waals surface area contributed by atoms with Crippen LogP contribution in [-0.2, 0) is 13.0 Å². The number of alkyl halides is 3. The van der Waals surface area contributed by atoms with Gasteiger partial charge in [0.15, 0.2) is 0 Å². The molecule has 0 fully saturated rings. The quantitative estimate of drug-likeness (QED) is 0.118. The molecule has 0 amide bonds. The van der Waals surface area contributed by atoms with E-state index in [-0.39, 0.29) is 19.6 Å². The Morgan fingerprint density at radius 1 is 0.643 bits per heavy atom. The van der Waals surface area contributed by atoms with Crippen LogP contribution in [0.4, 0.5) is 13.2 Å². The molecule has 3 aromatic rings. The maximum atomic E-state index is 12.3. The molecule has 42 heavy (non-hydrogen) atoms. The SMILES string of the molecule is C=C(CO)CCOc1cc(OCCC(=C)CO)cc(OCc2ccc(-c3ccc(CCCCC(F)(F)F)cc3)cc2)c1. The van der Waals surface area contributed by atoms with Crippen molar-refractivity contribution >= 4 is 0 Å². The zero-order valence-electron chi connectivity index (χ0n) is 23.8. The summed E-state index contributed by atoms with van der Waals surface area (Å²) in [5.74, 6) is 1.70. The van der Waals surface area contributed by atoms with Crippen LogP contribution in [0.1, 0.15) is 43.2 Å². The van der Waals surface area contributed by atoms with Crippen LogP contribution in [0.5, 0.6) is 17.2 Å². The predicted molar refractivity (Wildman–Crippen MR) is 159 cm³/mol. The van der Waals surface area contributed by atoms with Gasteiger partial charge in [0.25, 0.3) is 0 Å². The monoisotopic (exact) mass is 584 g/mol. The Morgan fingerprint density at radius 2 is 1.10 bits per heavy atom. The lowest BCUT2D eigenvalue weighted by Gasteiger charge is -2.14. The Labute approximate surface area is 245 Å². The maximum absolute atomic E-state index is 12.3. The molecule has 8 heteroatoms. The maximum Gasteiger partial charge on any atom is 0.389 e. The Morgan fingerprint density at radius 3 is 1.55 bits per heavy atom. The summed E-state index contributed by atoms with van der Waals surface area (Å²) in [5.41, 5.74) is 5.41. The number of benzene rings is 3. The molecule has 226 valence electrons. The van der Waals surface area contributed by atoms with Crippen LogP contribution in [0.2, 0.25) is 0 Å². The highest BCUT2D eigenvalue weighted by molar-refractivity contribution is 5.64. The number of rotatable bonds is 18. The zero-order valence-corrected chi connectivity index (χ0v) is 23.8. The summed E-state index contributed by atoms with van der Waals surface area (Å²) in [6.07, 6.45) is -2.51. The lowest BCUT2D eigenvalue weighted by molar-refractivity contribution is -0.135. The second-order valence-electron chi connectivity index (χ2n) is 10.2. The van der Waals surface area contributed by atoms with E-state index in [1.54, 1.807) is 18.2 Å². The summed E-state index contributed by atoms with van der Waals surface area (Å²) in [6, 6.07) is 21.2. The van der Waals surface area contributed by atoms with E-state index < -0.39 is 12.6 Å². The molecular formula is C34H39F3O5. The van der Waals surface area contributed by atoms with Gasteiger partial charge in [0.2, 0.25) is 0 Å². The van der Waals surface area contributed by atoms with E-state index in [0.29, 0.717) is 73.9 Å². The van der Waals surface area contributed by atoms with Gasteiger partial charge in [0.05, 0.1) is 26.4 Å². The van der Waals surface area contributed by atoms with Crippen LogP contribution in [0.25, 0.3) is 11.1 Å². The number of unbranched alkanes of at least 4 members (excludes halogenated alkanes) is 1. The smallest absolute Gasteiger partial charge is 0.389 e. The molecule has 2 N–H and O–H groups in total. The van der Waals surface area contributed by atoms with Gasteiger partial charge in [-0.1, -0.05) is 61.7 Å². The van der Waals surface area contributed by atoms with Gasteiger partial charge < -0.3 is 24.4 Å². The summed E-state index contributed by atoms with van der Waals surface area (Å²) in [4.78, 5) is 0. The largest absolute Gasteiger partial charge is 0.493 e. The van der Waals surface area contributed by atoms with E-state index in [2.05, 4.69) is 13.2 Å². The second-order valence-corrected chi connectivity index (χ2v) is 10.2. The molecular weight excluding hydrogens is 545 g/mol. The fraction of sp³-hybridized carbons (Fsp3) is 0.353. The number of aryl methyl sites for hydroxylation is 1. The number of halogens is 3. The Hall–Kier alpha value is -3.75. The van der Waals surface area contributed by atoms with Crippen molar-refractivity contribution in [3.8, 4) is 28.4 Å². The van der Waals surface area contributed by atoms with E-state index >= 15 is 0 Å². The van der Waals surface area contributed by atoms with E-state index in [9.17, 15) is 13.2 Å². The van der Waals surface area contributed by atoms with Crippen LogP contribution < -0.4 is 14.2 Å². The molecule has 3 rings (SSSR count). The third kappa shape index (κ3) is 12.0. The minimum atomic E-state index is -4.09. The standard InChI is InChI=1S/C34H39F3O5/c1-25(22-38)14-17-40-31-19-32(41-18-15-26(2)23-39)21-33(20-31)42-24-28-8-12-30(13-9-28)29-10-6-27(7-11-29)5-3-4-16-34(35,36)37/h6-13,19-21,38-39H,1-5,14-18,22-24H2. The van der Waals surface area contributed by atoms with Crippen molar-refractivity contribution in [1.82, 2.24) is 0 Å². The second kappa shape index (κ2) is 16.6. The number of hydrogen-bond donors (Lipinski definition) is 2. The Balaban J connectivity index is 1.58. The third-order valence-electron chi connectivity index (χ3n) is 6.57. The van der Waals surface area contributed by atoms with E-state index in [4.69, 9.17) is 24.4 Å². The number of aliphatic hydroxyl groups excluding tert-OH is 2. The molecule has 0 heterocycles. The first-order chi connectivity index (χ1) is 20.1. The molecule has 0 aliphatic carbocycles. The minimum absolute atomic E-state index is 0.0892. The predicted octanol–water partition coefficient (Wildman–Crippen LogP) is 7.84. The van der Waals surface area contributed by atoms with Crippen molar-refractivity contribution in [3.05, 3.63) is 102 Å². The molecule has 0 bridgehead atoms. The van der Waals surface area contributed by atoms with Gasteiger partial charge in [-0.25, -0.2) is 0 Å². The summed E-state index contributed by atoms with van der Waals surface area (Å²) in [7, 11) is 0. The highest BCUT2D eigenvalue weighted by Gasteiger charge is 2.25. The molecule has 5 nitrogen and oxygen atoms in total. The van der Waals surface area contributed by atoms with Crippen molar-refractivity contribution in [2.45, 2.75) is 51.3 Å². The van der Waals surface area contributed by atoms with Crippen LogP contribution in [0.15, 0.2) is 91.0 Å². The third-order valence-corrected chi connectivity index (χ3v) is 6.57. The van der Waals surface area contributed by atoms with Gasteiger partial charge in [-0.2, -0.15) is 13.2 Å². The first kappa shape index (κ1) is 32.8. The van der Waals surface area contributed by atoms with Gasteiger partial charge in [-0.15, -0.1) is 0 Å². The van der Waals surface area contributed by atoms with Crippen LogP contribution in [-0.4, -0.2) is 42.8 Å². The molecule has 0 atom stereocenters. The van der Waals surface area contributed by atoms with Gasteiger partial charge in [-0.3, -0.25) is 0 Å². The van der Waals surface area contributed by atoms with E-state index in [1.807, 2.05) is 48.5 Å². The molecule has 0 aliphatic rings. The molecule has 0 saturated carbocycles. The van der Waals surface area contributed by atoms with Gasteiger partial charge >= 0.3 is 6.18 Å². The van der Waals surface area contributed by atoms with Crippen LogP contribution >= 0.6 is 0 Å². The average molecular weight is 585 g/mol. The molecule has 0 aliphatic heterocycles. The first-order valence-corrected chi connectivity index (χ1v) is 14.0. The fourth-order valence-corrected chi connectivity index (χ4v) is 4.06. The number of aliphatic hydroxyl groups is 2. The van der Waals surface area contributed by atoms with Crippen molar-refractivity contribution in [3.63, 3.8) is 0 Å².